The standard InChI is InChI=1S/C26H34N2O5/c1-7-33-24(29)23(15-19-11-13-21(14-12-19)28(31)32)20-9-8-10-22(16-20)27(17-18(2)3)25(30)26(4,5)6/h8-14,16,18,23H,7,15,17H2,1-6H3. The van der Waals surface area contributed by atoms with E-state index in [-0.39, 0.29) is 30.1 Å². The normalized spacial score (nSPS) is 12.3. The number of hydrogen-bond donors (Lipinski definition) is 0. The largest absolute Gasteiger partial charge is 0.466 e. The number of nitro groups is 1. The zero-order valence-corrected chi connectivity index (χ0v) is 20.3. The van der Waals surface area contributed by atoms with Crippen LogP contribution in [0.1, 0.15) is 58.6 Å². The number of benzene rings is 2. The lowest BCUT2D eigenvalue weighted by atomic mass is 9.90. The van der Waals surface area contributed by atoms with Crippen molar-refractivity contribution in [3.8, 4) is 0 Å². The van der Waals surface area contributed by atoms with Gasteiger partial charge in [0.2, 0.25) is 5.91 Å². The number of amides is 1. The summed E-state index contributed by atoms with van der Waals surface area (Å²) < 4.78 is 5.33. The third-order valence-corrected chi connectivity index (χ3v) is 5.18. The molecule has 0 aliphatic rings. The molecule has 1 unspecified atom stereocenters. The van der Waals surface area contributed by atoms with Gasteiger partial charge in [0.25, 0.3) is 5.69 Å². The topological polar surface area (TPSA) is 89.8 Å². The van der Waals surface area contributed by atoms with Gasteiger partial charge in [0.05, 0.1) is 17.4 Å². The summed E-state index contributed by atoms with van der Waals surface area (Å²) in [6, 6.07) is 13.6. The summed E-state index contributed by atoms with van der Waals surface area (Å²) in [6.07, 6.45) is 0.331. The Morgan fingerprint density at radius 2 is 1.73 bits per heavy atom. The molecule has 0 saturated carbocycles. The van der Waals surface area contributed by atoms with E-state index in [4.69, 9.17) is 4.74 Å². The second kappa shape index (κ2) is 11.1. The lowest BCUT2D eigenvalue weighted by molar-refractivity contribution is -0.384. The Morgan fingerprint density at radius 1 is 1.09 bits per heavy atom. The zero-order chi connectivity index (χ0) is 24.8. The third kappa shape index (κ3) is 7.14. The Balaban J connectivity index is 2.45. The van der Waals surface area contributed by atoms with E-state index < -0.39 is 16.3 Å². The fraction of sp³-hybridized carbons (Fsp3) is 0.462. The fourth-order valence-corrected chi connectivity index (χ4v) is 3.55. The van der Waals surface area contributed by atoms with Gasteiger partial charge in [0, 0.05) is 29.8 Å². The molecule has 0 radical (unpaired) electrons. The lowest BCUT2D eigenvalue weighted by Crippen LogP contribution is -2.41. The molecule has 7 heteroatoms. The summed E-state index contributed by atoms with van der Waals surface area (Å²) in [6.45, 7) is 12.4. The number of nitro benzene ring substituents is 1. The maximum Gasteiger partial charge on any atom is 0.313 e. The highest BCUT2D eigenvalue weighted by molar-refractivity contribution is 5.97. The van der Waals surface area contributed by atoms with E-state index in [1.54, 1.807) is 24.0 Å². The van der Waals surface area contributed by atoms with Crippen molar-refractivity contribution < 1.29 is 19.2 Å². The van der Waals surface area contributed by atoms with Crippen LogP contribution in [-0.2, 0) is 20.7 Å². The van der Waals surface area contributed by atoms with Gasteiger partial charge in [-0.15, -0.1) is 0 Å². The molecular weight excluding hydrogens is 420 g/mol. The van der Waals surface area contributed by atoms with Crippen molar-refractivity contribution in [3.63, 3.8) is 0 Å². The van der Waals surface area contributed by atoms with Gasteiger partial charge in [-0.3, -0.25) is 19.7 Å². The van der Waals surface area contributed by atoms with E-state index in [2.05, 4.69) is 13.8 Å². The molecule has 0 aliphatic carbocycles. The Morgan fingerprint density at radius 3 is 2.24 bits per heavy atom. The number of carbonyl (C=O) groups is 2. The van der Waals surface area contributed by atoms with E-state index in [0.29, 0.717) is 13.0 Å². The van der Waals surface area contributed by atoms with Crippen molar-refractivity contribution in [1.82, 2.24) is 0 Å². The van der Waals surface area contributed by atoms with Crippen molar-refractivity contribution >= 4 is 23.3 Å². The molecular formula is C26H34N2O5. The molecule has 0 heterocycles. The third-order valence-electron chi connectivity index (χ3n) is 5.18. The van der Waals surface area contributed by atoms with Crippen LogP contribution in [0.2, 0.25) is 0 Å². The first kappa shape index (κ1) is 26.0. The first-order valence-electron chi connectivity index (χ1n) is 11.3. The molecule has 0 fully saturated rings. The minimum Gasteiger partial charge on any atom is -0.466 e. The molecule has 1 amide bonds. The highest BCUT2D eigenvalue weighted by Gasteiger charge is 2.30. The Labute approximate surface area is 195 Å². The van der Waals surface area contributed by atoms with Crippen molar-refractivity contribution in [2.24, 2.45) is 11.3 Å². The number of non-ortho nitro benzene ring substituents is 1. The second-order valence-electron chi connectivity index (χ2n) is 9.59. The molecule has 0 spiro atoms. The molecule has 2 rings (SSSR count). The minimum absolute atomic E-state index is 0.00143. The van der Waals surface area contributed by atoms with Gasteiger partial charge >= 0.3 is 5.97 Å². The van der Waals surface area contributed by atoms with Gasteiger partial charge < -0.3 is 9.64 Å². The highest BCUT2D eigenvalue weighted by Crippen LogP contribution is 2.30. The SMILES string of the molecule is CCOC(=O)C(Cc1ccc([N+](=O)[O-])cc1)c1cccc(N(CC(C)C)C(=O)C(C)(C)C)c1. The summed E-state index contributed by atoms with van der Waals surface area (Å²) in [5.74, 6) is -0.695. The van der Waals surface area contributed by atoms with E-state index in [1.807, 2.05) is 45.0 Å². The van der Waals surface area contributed by atoms with Crippen LogP contribution < -0.4 is 4.90 Å². The van der Waals surface area contributed by atoms with Gasteiger partial charge in [-0.2, -0.15) is 0 Å². The average Bonchev–Trinajstić information content (AvgIpc) is 2.75. The van der Waals surface area contributed by atoms with E-state index in [0.717, 1.165) is 16.8 Å². The molecule has 33 heavy (non-hydrogen) atoms. The van der Waals surface area contributed by atoms with Crippen LogP contribution in [0.4, 0.5) is 11.4 Å². The van der Waals surface area contributed by atoms with Crippen molar-refractivity contribution in [1.29, 1.82) is 0 Å². The Bertz CT molecular complexity index is 977. The first-order valence-corrected chi connectivity index (χ1v) is 11.3. The summed E-state index contributed by atoms with van der Waals surface area (Å²) >= 11 is 0. The number of hydrogen-bond acceptors (Lipinski definition) is 5. The molecule has 0 bridgehead atoms. The van der Waals surface area contributed by atoms with Crippen LogP contribution in [0.3, 0.4) is 0 Å². The predicted molar refractivity (Wildman–Crippen MR) is 129 cm³/mol. The maximum atomic E-state index is 13.2. The van der Waals surface area contributed by atoms with Crippen LogP contribution in [-0.4, -0.2) is 30.0 Å². The molecule has 0 N–H and O–H groups in total. The highest BCUT2D eigenvalue weighted by atomic mass is 16.6. The monoisotopic (exact) mass is 454 g/mol. The van der Waals surface area contributed by atoms with Crippen molar-refractivity contribution in [2.75, 3.05) is 18.1 Å². The fourth-order valence-electron chi connectivity index (χ4n) is 3.55. The molecule has 0 aromatic heterocycles. The minimum atomic E-state index is -0.600. The summed E-state index contributed by atoms with van der Waals surface area (Å²) in [5.41, 5.74) is 1.70. The van der Waals surface area contributed by atoms with Crippen LogP contribution in [0.15, 0.2) is 48.5 Å². The number of esters is 1. The zero-order valence-electron chi connectivity index (χ0n) is 20.3. The number of carbonyl (C=O) groups excluding carboxylic acids is 2. The summed E-state index contributed by atoms with van der Waals surface area (Å²) in [7, 11) is 0. The Kier molecular flexibility index (Phi) is 8.74. The van der Waals surface area contributed by atoms with Gasteiger partial charge in [-0.1, -0.05) is 58.9 Å². The Hall–Kier alpha value is -3.22. The van der Waals surface area contributed by atoms with Crippen LogP contribution in [0.25, 0.3) is 0 Å². The lowest BCUT2D eigenvalue weighted by Gasteiger charge is -2.31. The average molecular weight is 455 g/mol. The predicted octanol–water partition coefficient (Wildman–Crippen LogP) is 5.52. The maximum absolute atomic E-state index is 13.2. The summed E-state index contributed by atoms with van der Waals surface area (Å²) in [4.78, 5) is 38.3. The van der Waals surface area contributed by atoms with Crippen LogP contribution in [0.5, 0.6) is 0 Å². The number of anilines is 1. The first-order chi connectivity index (χ1) is 15.4. The number of nitrogens with zero attached hydrogens (tertiary/aromatic N) is 2. The molecule has 2 aromatic carbocycles. The quantitative estimate of drug-likeness (QED) is 0.283. The van der Waals surface area contributed by atoms with E-state index in [1.165, 1.54) is 12.1 Å². The second-order valence-corrected chi connectivity index (χ2v) is 9.59. The molecule has 0 saturated heterocycles. The van der Waals surface area contributed by atoms with Crippen molar-refractivity contribution in [3.05, 3.63) is 69.8 Å². The van der Waals surface area contributed by atoms with Crippen LogP contribution >= 0.6 is 0 Å². The smallest absolute Gasteiger partial charge is 0.313 e. The number of rotatable bonds is 9. The van der Waals surface area contributed by atoms with Crippen molar-refractivity contribution in [2.45, 2.75) is 53.9 Å². The molecule has 7 nitrogen and oxygen atoms in total. The molecule has 178 valence electrons. The van der Waals surface area contributed by atoms with Gasteiger partial charge in [0.15, 0.2) is 0 Å². The summed E-state index contributed by atoms with van der Waals surface area (Å²) in [5, 5.41) is 11.0. The van der Waals surface area contributed by atoms with Crippen LogP contribution in [0, 0.1) is 21.4 Å². The van der Waals surface area contributed by atoms with E-state index in [9.17, 15) is 19.7 Å². The molecule has 0 aliphatic heterocycles. The number of ether oxygens (including phenoxy) is 1. The molecule has 2 aromatic rings. The van der Waals surface area contributed by atoms with Gasteiger partial charge in [-0.05, 0) is 42.5 Å². The molecule has 1 atom stereocenters. The van der Waals surface area contributed by atoms with E-state index >= 15 is 0 Å². The van der Waals surface area contributed by atoms with Gasteiger partial charge in [0.1, 0.15) is 0 Å². The van der Waals surface area contributed by atoms with Gasteiger partial charge in [-0.25, -0.2) is 0 Å².